The highest BCUT2D eigenvalue weighted by atomic mass is 15.2. The third-order valence-electron chi connectivity index (χ3n) is 3.68. The molecule has 0 heterocycles. The van der Waals surface area contributed by atoms with Crippen molar-refractivity contribution in [1.29, 1.82) is 5.41 Å². The first-order chi connectivity index (χ1) is 10.1. The standard InChI is InChI=1S/C18H17N3/c1-21(18(19)20)16-10-6-13(7-11-16)12-15-9-8-14-4-2-3-5-17(14)15/h2-12H,1H3,(H3,19,20)/b15-12-. The maximum atomic E-state index is 7.44. The summed E-state index contributed by atoms with van der Waals surface area (Å²) < 4.78 is 0. The summed E-state index contributed by atoms with van der Waals surface area (Å²) >= 11 is 0. The first-order valence-corrected chi connectivity index (χ1v) is 6.82. The minimum atomic E-state index is 0.0359. The molecular formula is C18H17N3. The molecule has 2 aromatic carbocycles. The van der Waals surface area contributed by atoms with E-state index in [-0.39, 0.29) is 5.96 Å². The number of nitrogens with zero attached hydrogens (tertiary/aromatic N) is 1. The van der Waals surface area contributed by atoms with E-state index < -0.39 is 0 Å². The van der Waals surface area contributed by atoms with Crippen LogP contribution in [0, 0.1) is 5.41 Å². The van der Waals surface area contributed by atoms with Crippen LogP contribution in [0.15, 0.2) is 54.6 Å². The highest BCUT2D eigenvalue weighted by molar-refractivity contribution is 5.98. The Hall–Kier alpha value is -2.81. The second kappa shape index (κ2) is 5.29. The maximum Gasteiger partial charge on any atom is 0.192 e. The Morgan fingerprint density at radius 2 is 1.76 bits per heavy atom. The van der Waals surface area contributed by atoms with Crippen molar-refractivity contribution in [3.63, 3.8) is 0 Å². The Morgan fingerprint density at radius 3 is 2.48 bits per heavy atom. The van der Waals surface area contributed by atoms with Crippen LogP contribution in [0.5, 0.6) is 0 Å². The van der Waals surface area contributed by atoms with Crippen LogP contribution in [0.25, 0.3) is 17.7 Å². The number of nitrogens with one attached hydrogen (secondary N) is 1. The molecule has 0 fully saturated rings. The number of benzene rings is 2. The van der Waals surface area contributed by atoms with E-state index in [1.54, 1.807) is 11.9 Å². The number of rotatable bonds is 2. The summed E-state index contributed by atoms with van der Waals surface area (Å²) in [6, 6.07) is 16.4. The second-order valence-corrected chi connectivity index (χ2v) is 5.06. The first kappa shape index (κ1) is 13.2. The predicted molar refractivity (Wildman–Crippen MR) is 90.1 cm³/mol. The first-order valence-electron chi connectivity index (χ1n) is 6.82. The zero-order valence-electron chi connectivity index (χ0n) is 11.9. The molecular weight excluding hydrogens is 258 g/mol. The topological polar surface area (TPSA) is 53.1 Å². The molecule has 0 spiro atoms. The van der Waals surface area contributed by atoms with Crippen molar-refractivity contribution in [3.8, 4) is 0 Å². The molecule has 3 nitrogen and oxygen atoms in total. The van der Waals surface area contributed by atoms with Gasteiger partial charge in [0, 0.05) is 12.7 Å². The Bertz CT molecular complexity index is 739. The summed E-state index contributed by atoms with van der Waals surface area (Å²) in [7, 11) is 1.78. The number of hydrogen-bond acceptors (Lipinski definition) is 1. The monoisotopic (exact) mass is 275 g/mol. The Kier molecular flexibility index (Phi) is 3.32. The molecule has 3 N–H and O–H groups in total. The Balaban J connectivity index is 1.88. The van der Waals surface area contributed by atoms with Crippen molar-refractivity contribution in [2.75, 3.05) is 11.9 Å². The van der Waals surface area contributed by atoms with Crippen molar-refractivity contribution in [2.24, 2.45) is 5.73 Å². The molecule has 0 saturated heterocycles. The third-order valence-corrected chi connectivity index (χ3v) is 3.68. The summed E-state index contributed by atoms with van der Waals surface area (Å²) in [4.78, 5) is 1.64. The fraction of sp³-hybridized carbons (Fsp3) is 0.0556. The van der Waals surface area contributed by atoms with Gasteiger partial charge >= 0.3 is 0 Å². The number of hydrogen-bond donors (Lipinski definition) is 2. The summed E-state index contributed by atoms with van der Waals surface area (Å²) in [5, 5.41) is 7.44. The number of fused-ring (bicyclic) bond motifs is 1. The minimum Gasteiger partial charge on any atom is -0.370 e. The molecule has 1 aliphatic carbocycles. The van der Waals surface area contributed by atoms with Crippen LogP contribution in [-0.2, 0) is 0 Å². The molecule has 3 heteroatoms. The smallest absolute Gasteiger partial charge is 0.192 e. The molecule has 0 radical (unpaired) electrons. The molecule has 0 bridgehead atoms. The summed E-state index contributed by atoms with van der Waals surface area (Å²) in [6.45, 7) is 0. The lowest BCUT2D eigenvalue weighted by molar-refractivity contribution is 1.20. The SMILES string of the molecule is CN(C(=N)N)c1ccc(/C=C2/C=Cc3ccccc32)cc1. The fourth-order valence-electron chi connectivity index (χ4n) is 2.41. The third kappa shape index (κ3) is 2.58. The van der Waals surface area contributed by atoms with Crippen molar-refractivity contribution >= 4 is 29.4 Å². The molecule has 3 rings (SSSR count). The highest BCUT2D eigenvalue weighted by Gasteiger charge is 2.09. The molecule has 2 aromatic rings. The molecule has 0 saturated carbocycles. The molecule has 0 aromatic heterocycles. The highest BCUT2D eigenvalue weighted by Crippen LogP contribution is 2.30. The molecule has 1 aliphatic rings. The van der Waals surface area contributed by atoms with Crippen molar-refractivity contribution in [2.45, 2.75) is 0 Å². The van der Waals surface area contributed by atoms with Gasteiger partial charge in [0.1, 0.15) is 0 Å². The second-order valence-electron chi connectivity index (χ2n) is 5.06. The number of guanidine groups is 1. The average Bonchev–Trinajstić information content (AvgIpc) is 2.91. The van der Waals surface area contributed by atoms with Crippen LogP contribution in [-0.4, -0.2) is 13.0 Å². The van der Waals surface area contributed by atoms with E-state index in [4.69, 9.17) is 11.1 Å². The van der Waals surface area contributed by atoms with E-state index in [1.807, 2.05) is 24.3 Å². The maximum absolute atomic E-state index is 7.44. The molecule has 0 amide bonds. The van der Waals surface area contributed by atoms with Crippen LogP contribution in [0.4, 0.5) is 5.69 Å². The van der Waals surface area contributed by atoms with Crippen molar-refractivity contribution in [3.05, 3.63) is 71.3 Å². The van der Waals surface area contributed by atoms with Gasteiger partial charge in [0.15, 0.2) is 5.96 Å². The van der Waals surface area contributed by atoms with Gasteiger partial charge in [-0.05, 0) is 40.5 Å². The molecule has 0 aliphatic heterocycles. The van der Waals surface area contributed by atoms with Crippen LogP contribution < -0.4 is 10.6 Å². The van der Waals surface area contributed by atoms with Gasteiger partial charge in [-0.3, -0.25) is 5.41 Å². The largest absolute Gasteiger partial charge is 0.370 e. The van der Waals surface area contributed by atoms with Gasteiger partial charge in [0.25, 0.3) is 0 Å². The number of nitrogens with two attached hydrogens (primary N) is 1. The lowest BCUT2D eigenvalue weighted by Crippen LogP contribution is -2.32. The van der Waals surface area contributed by atoms with Crippen LogP contribution in [0.3, 0.4) is 0 Å². The quantitative estimate of drug-likeness (QED) is 0.650. The van der Waals surface area contributed by atoms with E-state index in [0.29, 0.717) is 0 Å². The average molecular weight is 275 g/mol. The predicted octanol–water partition coefficient (Wildman–Crippen LogP) is 3.58. The van der Waals surface area contributed by atoms with Crippen LogP contribution in [0.2, 0.25) is 0 Å². The van der Waals surface area contributed by atoms with E-state index in [9.17, 15) is 0 Å². The zero-order chi connectivity index (χ0) is 14.8. The zero-order valence-corrected chi connectivity index (χ0v) is 11.9. The molecule has 0 atom stereocenters. The summed E-state index contributed by atoms with van der Waals surface area (Å²) in [5.74, 6) is 0.0359. The van der Waals surface area contributed by atoms with Crippen LogP contribution >= 0.6 is 0 Å². The van der Waals surface area contributed by atoms with Crippen molar-refractivity contribution < 1.29 is 0 Å². The van der Waals surface area contributed by atoms with Crippen molar-refractivity contribution in [1.82, 2.24) is 0 Å². The van der Waals surface area contributed by atoms with E-state index in [2.05, 4.69) is 42.5 Å². The molecule has 0 unspecified atom stereocenters. The Labute approximate surface area is 124 Å². The van der Waals surface area contributed by atoms with Gasteiger partial charge in [-0.1, -0.05) is 48.6 Å². The number of allylic oxidation sites excluding steroid dienone is 2. The van der Waals surface area contributed by atoms with Gasteiger partial charge in [-0.25, -0.2) is 0 Å². The summed E-state index contributed by atoms with van der Waals surface area (Å²) in [6.07, 6.45) is 6.44. The minimum absolute atomic E-state index is 0.0359. The molecule has 104 valence electrons. The van der Waals surface area contributed by atoms with E-state index in [1.165, 1.54) is 16.7 Å². The Morgan fingerprint density at radius 1 is 1.05 bits per heavy atom. The summed E-state index contributed by atoms with van der Waals surface area (Å²) in [5.41, 5.74) is 11.3. The van der Waals surface area contributed by atoms with Gasteiger partial charge in [-0.2, -0.15) is 0 Å². The van der Waals surface area contributed by atoms with Gasteiger partial charge in [-0.15, -0.1) is 0 Å². The number of anilines is 1. The van der Waals surface area contributed by atoms with E-state index in [0.717, 1.165) is 11.3 Å². The van der Waals surface area contributed by atoms with Gasteiger partial charge in [0.05, 0.1) is 0 Å². The fourth-order valence-corrected chi connectivity index (χ4v) is 2.41. The van der Waals surface area contributed by atoms with Gasteiger partial charge < -0.3 is 10.6 Å². The lowest BCUT2D eigenvalue weighted by Gasteiger charge is -2.16. The van der Waals surface area contributed by atoms with Crippen LogP contribution in [0.1, 0.15) is 16.7 Å². The molecule has 21 heavy (non-hydrogen) atoms. The lowest BCUT2D eigenvalue weighted by atomic mass is 10.0. The normalized spacial score (nSPS) is 14.2. The van der Waals surface area contributed by atoms with Gasteiger partial charge in [0.2, 0.25) is 0 Å². The van der Waals surface area contributed by atoms with E-state index >= 15 is 0 Å².